The summed E-state index contributed by atoms with van der Waals surface area (Å²) >= 11 is 3.59. The topological polar surface area (TPSA) is 56.0 Å². The van der Waals surface area contributed by atoms with Gasteiger partial charge in [0, 0.05) is 60.9 Å². The number of halogens is 1. The van der Waals surface area contributed by atoms with Gasteiger partial charge < -0.3 is 14.0 Å². The van der Waals surface area contributed by atoms with Gasteiger partial charge in [-0.15, -0.1) is 0 Å². The molecule has 0 saturated carbocycles. The zero-order chi connectivity index (χ0) is 24.7. The quantitative estimate of drug-likeness (QED) is 0.316. The van der Waals surface area contributed by atoms with Gasteiger partial charge in [0.25, 0.3) is 0 Å². The summed E-state index contributed by atoms with van der Waals surface area (Å²) in [5.41, 5.74) is 3.08. The summed E-state index contributed by atoms with van der Waals surface area (Å²) in [5, 5.41) is 0. The van der Waals surface area contributed by atoms with E-state index < -0.39 is 5.54 Å². The molecule has 184 valence electrons. The molecule has 4 aromatic rings. The molecule has 0 N–H and O–H groups in total. The van der Waals surface area contributed by atoms with Gasteiger partial charge in [-0.05, 0) is 55.4 Å². The Morgan fingerprint density at radius 3 is 2.69 bits per heavy atom. The first-order valence-corrected chi connectivity index (χ1v) is 13.5. The molecule has 0 bridgehead atoms. The third-order valence-corrected chi connectivity index (χ3v) is 8.47. The van der Waals surface area contributed by atoms with Gasteiger partial charge in [0.2, 0.25) is 5.91 Å². The van der Waals surface area contributed by atoms with Crippen molar-refractivity contribution in [1.29, 1.82) is 0 Å². The van der Waals surface area contributed by atoms with Crippen LogP contribution in [0.15, 0.2) is 77.8 Å². The summed E-state index contributed by atoms with van der Waals surface area (Å²) in [6.07, 6.45) is 11.2. The Balaban J connectivity index is 1.27. The second-order valence-corrected chi connectivity index (χ2v) is 10.9. The molecule has 2 atom stereocenters. The first-order chi connectivity index (χ1) is 17.6. The molecule has 2 aliphatic heterocycles. The smallest absolute Gasteiger partial charge is 0.222 e. The number of aryl methyl sites for hydroxylation is 1. The predicted octanol–water partition coefficient (Wildman–Crippen LogP) is 5.64. The number of nitrogens with zero attached hydrogens (tertiary/aromatic N) is 5. The molecule has 36 heavy (non-hydrogen) atoms. The standard InChI is InChI=1S/C29H30BrN5O/c1-21-31-14-17-33(21)19-22-5-4-16-34(20-22)27(36)12-13-29(23-8-10-24(30)11-9-23)26-7-3-2-6-25(26)28-32-15-18-35(28)29/h2-3,6-11,14-15,17-18,22H,4-5,12-13,16,19-20H2,1H3. The summed E-state index contributed by atoms with van der Waals surface area (Å²) in [6, 6.07) is 17.0. The Bertz CT molecular complexity index is 1390. The van der Waals surface area contributed by atoms with Gasteiger partial charge in [-0.3, -0.25) is 4.79 Å². The van der Waals surface area contributed by atoms with Crippen molar-refractivity contribution >= 4 is 21.8 Å². The monoisotopic (exact) mass is 543 g/mol. The van der Waals surface area contributed by atoms with Crippen molar-refractivity contribution < 1.29 is 4.79 Å². The largest absolute Gasteiger partial charge is 0.342 e. The highest BCUT2D eigenvalue weighted by Crippen LogP contribution is 2.49. The average Bonchev–Trinajstić information content (AvgIpc) is 3.60. The van der Waals surface area contributed by atoms with Crippen LogP contribution in [-0.2, 0) is 16.9 Å². The van der Waals surface area contributed by atoms with E-state index in [0.29, 0.717) is 18.8 Å². The van der Waals surface area contributed by atoms with Crippen LogP contribution in [0.4, 0.5) is 0 Å². The molecule has 1 amide bonds. The van der Waals surface area contributed by atoms with Crippen LogP contribution in [0.25, 0.3) is 11.4 Å². The van der Waals surface area contributed by atoms with Crippen LogP contribution in [0, 0.1) is 12.8 Å². The highest BCUT2D eigenvalue weighted by atomic mass is 79.9. The van der Waals surface area contributed by atoms with E-state index in [1.54, 1.807) is 0 Å². The van der Waals surface area contributed by atoms with E-state index in [9.17, 15) is 4.79 Å². The van der Waals surface area contributed by atoms with Gasteiger partial charge in [0.05, 0.1) is 5.54 Å². The Morgan fingerprint density at radius 1 is 1.08 bits per heavy atom. The highest BCUT2D eigenvalue weighted by Gasteiger charge is 2.45. The molecule has 1 fully saturated rings. The number of carbonyl (C=O) groups excluding carboxylic acids is 1. The van der Waals surface area contributed by atoms with E-state index >= 15 is 0 Å². The number of carbonyl (C=O) groups is 1. The Morgan fingerprint density at radius 2 is 1.89 bits per heavy atom. The van der Waals surface area contributed by atoms with Gasteiger partial charge in [-0.25, -0.2) is 9.97 Å². The zero-order valence-electron chi connectivity index (χ0n) is 20.5. The van der Waals surface area contributed by atoms with Crippen LogP contribution >= 0.6 is 15.9 Å². The number of benzene rings is 2. The van der Waals surface area contributed by atoms with Crippen LogP contribution in [-0.4, -0.2) is 43.0 Å². The minimum absolute atomic E-state index is 0.240. The number of fused-ring (bicyclic) bond motifs is 3. The average molecular weight is 544 g/mol. The fraction of sp³-hybridized carbons (Fsp3) is 0.345. The van der Waals surface area contributed by atoms with Crippen molar-refractivity contribution in [3.8, 4) is 11.4 Å². The molecular weight excluding hydrogens is 514 g/mol. The number of imidazole rings is 2. The van der Waals surface area contributed by atoms with Gasteiger partial charge in [0.1, 0.15) is 11.6 Å². The Hall–Kier alpha value is -3.19. The summed E-state index contributed by atoms with van der Waals surface area (Å²) < 4.78 is 5.52. The molecule has 2 aromatic heterocycles. The van der Waals surface area contributed by atoms with Crippen molar-refractivity contribution in [2.24, 2.45) is 5.92 Å². The molecule has 0 radical (unpaired) electrons. The number of hydrogen-bond acceptors (Lipinski definition) is 3. The molecule has 0 spiro atoms. The second-order valence-electron chi connectivity index (χ2n) is 10.0. The van der Waals surface area contributed by atoms with Crippen molar-refractivity contribution in [2.75, 3.05) is 13.1 Å². The summed E-state index contributed by atoms with van der Waals surface area (Å²) in [6.45, 7) is 4.62. The lowest BCUT2D eigenvalue weighted by atomic mass is 9.79. The molecular formula is C29H30BrN5O. The second kappa shape index (κ2) is 9.36. The normalized spacial score (nSPS) is 20.8. The minimum atomic E-state index is -0.456. The Kier molecular flexibility index (Phi) is 6.04. The maximum Gasteiger partial charge on any atom is 0.222 e. The summed E-state index contributed by atoms with van der Waals surface area (Å²) in [5.74, 6) is 2.70. The third kappa shape index (κ3) is 3.90. The minimum Gasteiger partial charge on any atom is -0.342 e. The number of piperidine rings is 1. The maximum absolute atomic E-state index is 13.6. The lowest BCUT2D eigenvalue weighted by Crippen LogP contribution is -2.42. The number of rotatable bonds is 6. The van der Waals surface area contributed by atoms with E-state index in [1.807, 2.05) is 25.5 Å². The van der Waals surface area contributed by atoms with Gasteiger partial charge in [-0.2, -0.15) is 0 Å². The summed E-state index contributed by atoms with van der Waals surface area (Å²) in [7, 11) is 0. The molecule has 0 aliphatic carbocycles. The van der Waals surface area contributed by atoms with E-state index in [2.05, 4.69) is 89.7 Å². The lowest BCUT2D eigenvalue weighted by Gasteiger charge is -2.36. The molecule has 4 heterocycles. The van der Waals surface area contributed by atoms with E-state index in [-0.39, 0.29) is 5.91 Å². The van der Waals surface area contributed by atoms with Crippen LogP contribution < -0.4 is 0 Å². The predicted molar refractivity (Wildman–Crippen MR) is 143 cm³/mol. The van der Waals surface area contributed by atoms with Crippen LogP contribution in [0.1, 0.15) is 42.6 Å². The number of amides is 1. The molecule has 7 heteroatoms. The molecule has 2 aliphatic rings. The molecule has 6 nitrogen and oxygen atoms in total. The summed E-state index contributed by atoms with van der Waals surface area (Å²) in [4.78, 5) is 24.8. The number of likely N-dealkylation sites (tertiary alicyclic amines) is 1. The van der Waals surface area contributed by atoms with Crippen LogP contribution in [0.3, 0.4) is 0 Å². The fourth-order valence-electron chi connectivity index (χ4n) is 6.16. The zero-order valence-corrected chi connectivity index (χ0v) is 22.1. The Labute approximate surface area is 220 Å². The van der Waals surface area contributed by atoms with E-state index in [1.165, 1.54) is 11.1 Å². The third-order valence-electron chi connectivity index (χ3n) is 7.94. The number of hydrogen-bond donors (Lipinski definition) is 0. The first kappa shape index (κ1) is 23.2. The van der Waals surface area contributed by atoms with Crippen LogP contribution in [0.5, 0.6) is 0 Å². The molecule has 2 unspecified atom stereocenters. The fourth-order valence-corrected chi connectivity index (χ4v) is 6.42. The van der Waals surface area contributed by atoms with Crippen molar-refractivity contribution in [2.45, 2.75) is 44.7 Å². The molecule has 1 saturated heterocycles. The van der Waals surface area contributed by atoms with E-state index in [4.69, 9.17) is 4.98 Å². The SMILES string of the molecule is Cc1nccn1CC1CCCN(C(=O)CCC2(c3ccc(Br)cc3)c3ccccc3-c3nccn32)C1. The van der Waals surface area contributed by atoms with Crippen molar-refractivity contribution in [3.63, 3.8) is 0 Å². The van der Waals surface area contributed by atoms with Gasteiger partial charge >= 0.3 is 0 Å². The van der Waals surface area contributed by atoms with E-state index in [0.717, 1.165) is 54.2 Å². The van der Waals surface area contributed by atoms with Crippen molar-refractivity contribution in [3.05, 3.63) is 94.7 Å². The van der Waals surface area contributed by atoms with Gasteiger partial charge in [-0.1, -0.05) is 52.3 Å². The number of aromatic nitrogens is 4. The van der Waals surface area contributed by atoms with Gasteiger partial charge in [0.15, 0.2) is 0 Å². The lowest BCUT2D eigenvalue weighted by molar-refractivity contribution is -0.133. The van der Waals surface area contributed by atoms with Crippen molar-refractivity contribution in [1.82, 2.24) is 24.0 Å². The molecule has 6 rings (SSSR count). The van der Waals surface area contributed by atoms with Crippen LogP contribution in [0.2, 0.25) is 0 Å². The highest BCUT2D eigenvalue weighted by molar-refractivity contribution is 9.10. The first-order valence-electron chi connectivity index (χ1n) is 12.7. The maximum atomic E-state index is 13.6. The molecule has 2 aromatic carbocycles.